The van der Waals surface area contributed by atoms with Gasteiger partial charge < -0.3 is 44.5 Å². The highest BCUT2D eigenvalue weighted by Gasteiger charge is 2.62. The van der Waals surface area contributed by atoms with Crippen molar-refractivity contribution >= 4 is 52.2 Å². The largest absolute Gasteiger partial charge is 0.490 e. The highest BCUT2D eigenvalue weighted by Crippen LogP contribution is 2.47. The fraction of sp³-hybridized carbons (Fsp3) is 0.579. The van der Waals surface area contributed by atoms with Crippen LogP contribution in [0.2, 0.25) is 5.02 Å². The van der Waals surface area contributed by atoms with Gasteiger partial charge in [0.05, 0.1) is 32.9 Å². The van der Waals surface area contributed by atoms with Crippen LogP contribution in [0.15, 0.2) is 30.5 Å². The predicted octanol–water partition coefficient (Wildman–Crippen LogP) is 4.50. The van der Waals surface area contributed by atoms with E-state index in [9.17, 15) is 19.2 Å². The van der Waals surface area contributed by atoms with Gasteiger partial charge in [0, 0.05) is 43.3 Å². The smallest absolute Gasteiger partial charge is 0.407 e. The van der Waals surface area contributed by atoms with Gasteiger partial charge in [0.25, 0.3) is 0 Å². The standard InChI is InChI=1S/C38H52ClN7O9/c1-10-22-19-38(22,35(49)52-8)43-33(47)25-17-23(20-45(25)34(48)32(37(4,5)6)42-36(50)53-9)55-27-18-29(46-14-13-28(44-46)40-21(2)3)41-31-24(27)11-12-26(30(31)39)54-16-15-51-7/h11-14,18,21-23,25,32H,10,15-17,19-20H2,1-9H3,(H,40,44)(H,42,50)(H,43,47)/t22-,23-,25+,32-,38-/m1/s1. The molecule has 1 saturated heterocycles. The molecule has 1 aliphatic heterocycles. The monoisotopic (exact) mass is 785 g/mol. The Morgan fingerprint density at radius 2 is 1.80 bits per heavy atom. The number of pyridine rings is 1. The maximum atomic E-state index is 14.4. The Bertz CT molecular complexity index is 1900. The zero-order valence-electron chi connectivity index (χ0n) is 32.9. The van der Waals surface area contributed by atoms with Crippen LogP contribution in [0.1, 0.15) is 60.8 Å². The molecular weight excluding hydrogens is 734 g/mol. The molecule has 3 N–H and O–H groups in total. The number of nitrogens with zero attached hydrogens (tertiary/aromatic N) is 4. The van der Waals surface area contributed by atoms with Crippen molar-refractivity contribution in [1.82, 2.24) is 30.3 Å². The summed E-state index contributed by atoms with van der Waals surface area (Å²) in [6.45, 7) is 11.9. The predicted molar refractivity (Wildman–Crippen MR) is 205 cm³/mol. The van der Waals surface area contributed by atoms with E-state index in [2.05, 4.69) is 21.0 Å². The van der Waals surface area contributed by atoms with E-state index in [-0.39, 0.29) is 36.6 Å². The molecule has 3 aromatic rings. The van der Waals surface area contributed by atoms with Gasteiger partial charge in [0.15, 0.2) is 5.82 Å². The van der Waals surface area contributed by atoms with Gasteiger partial charge in [-0.3, -0.25) is 9.59 Å². The summed E-state index contributed by atoms with van der Waals surface area (Å²) in [5.74, 6) is 0.104. The van der Waals surface area contributed by atoms with Crippen LogP contribution in [0.3, 0.4) is 0 Å². The molecule has 0 radical (unpaired) electrons. The fourth-order valence-electron chi connectivity index (χ4n) is 6.89. The van der Waals surface area contributed by atoms with Gasteiger partial charge in [-0.2, -0.15) is 0 Å². The number of hydrogen-bond acceptors (Lipinski definition) is 12. The van der Waals surface area contributed by atoms with Crippen molar-refractivity contribution in [3.63, 3.8) is 0 Å². The Morgan fingerprint density at radius 1 is 1.05 bits per heavy atom. The molecule has 2 aromatic heterocycles. The molecule has 5 atom stereocenters. The van der Waals surface area contributed by atoms with Crippen LogP contribution >= 0.6 is 11.6 Å². The zero-order valence-corrected chi connectivity index (χ0v) is 33.6. The molecule has 55 heavy (non-hydrogen) atoms. The number of ether oxygens (including phenoxy) is 5. The van der Waals surface area contributed by atoms with Gasteiger partial charge in [-0.05, 0) is 43.7 Å². The summed E-state index contributed by atoms with van der Waals surface area (Å²) in [6, 6.07) is 5.04. The van der Waals surface area contributed by atoms with Crippen molar-refractivity contribution in [2.24, 2.45) is 11.3 Å². The number of halogens is 1. The van der Waals surface area contributed by atoms with Crippen molar-refractivity contribution in [1.29, 1.82) is 0 Å². The van der Waals surface area contributed by atoms with E-state index in [0.29, 0.717) is 53.5 Å². The lowest BCUT2D eigenvalue weighted by molar-refractivity contribution is -0.148. The number of carbonyl (C=O) groups is 4. The van der Waals surface area contributed by atoms with Gasteiger partial charge >= 0.3 is 12.1 Å². The third-order valence-corrected chi connectivity index (χ3v) is 10.2. The van der Waals surface area contributed by atoms with Crippen LogP contribution in [0.5, 0.6) is 11.5 Å². The van der Waals surface area contributed by atoms with Crippen molar-refractivity contribution in [2.75, 3.05) is 46.4 Å². The minimum Gasteiger partial charge on any atom is -0.490 e. The number of nitrogens with one attached hydrogen (secondary N) is 3. The summed E-state index contributed by atoms with van der Waals surface area (Å²) in [6.07, 6.45) is 1.37. The molecule has 1 aliphatic carbocycles. The first-order chi connectivity index (χ1) is 26.1. The maximum Gasteiger partial charge on any atom is 0.407 e. The molecule has 0 spiro atoms. The van der Waals surface area contributed by atoms with Gasteiger partial charge in [0.1, 0.15) is 52.7 Å². The minimum absolute atomic E-state index is 0.0237. The van der Waals surface area contributed by atoms with E-state index in [4.69, 9.17) is 40.3 Å². The molecule has 0 unspecified atom stereocenters. The quantitative estimate of drug-likeness (QED) is 0.145. The van der Waals surface area contributed by atoms with Gasteiger partial charge in [-0.25, -0.2) is 19.3 Å². The average Bonchev–Trinajstić information content (AvgIpc) is 3.41. The van der Waals surface area contributed by atoms with Gasteiger partial charge in [-0.1, -0.05) is 45.7 Å². The Morgan fingerprint density at radius 3 is 2.42 bits per heavy atom. The van der Waals surface area contributed by atoms with E-state index in [1.54, 1.807) is 57.0 Å². The number of rotatable bonds is 15. The van der Waals surface area contributed by atoms with Crippen LogP contribution in [0.4, 0.5) is 10.6 Å². The Hall–Kier alpha value is -4.83. The first kappa shape index (κ1) is 41.3. The Kier molecular flexibility index (Phi) is 12.7. The molecule has 16 nitrogen and oxygen atoms in total. The lowest BCUT2D eigenvalue weighted by Gasteiger charge is -2.35. The number of likely N-dealkylation sites (tertiary alicyclic amines) is 1. The Labute approximate surface area is 325 Å². The number of benzene rings is 1. The summed E-state index contributed by atoms with van der Waals surface area (Å²) >= 11 is 6.92. The molecule has 17 heteroatoms. The van der Waals surface area contributed by atoms with Crippen LogP contribution in [-0.2, 0) is 28.6 Å². The summed E-state index contributed by atoms with van der Waals surface area (Å²) in [4.78, 5) is 60.3. The third-order valence-electron chi connectivity index (χ3n) is 9.83. The summed E-state index contributed by atoms with van der Waals surface area (Å²) in [7, 11) is 4.06. The highest BCUT2D eigenvalue weighted by atomic mass is 35.5. The lowest BCUT2D eigenvalue weighted by Crippen LogP contribution is -2.59. The summed E-state index contributed by atoms with van der Waals surface area (Å²) in [5.41, 5.74) is -1.58. The average molecular weight is 786 g/mol. The SMILES string of the molecule is CC[C@@H]1C[C@]1(NC(=O)[C@@H]1C[C@@H](Oc2cc(-n3ccc(NC(C)C)n3)nc3c(Cl)c(OCCOC)ccc23)CN1C(=O)[C@@H](NC(=O)OC)C(C)(C)C)C(=O)OC. The van der Waals surface area contributed by atoms with Crippen LogP contribution in [-0.4, -0.2) is 114 Å². The van der Waals surface area contributed by atoms with Gasteiger partial charge in [0.2, 0.25) is 11.8 Å². The normalized spacial score (nSPS) is 21.2. The summed E-state index contributed by atoms with van der Waals surface area (Å²) in [5, 5.41) is 14.3. The topological polar surface area (TPSA) is 184 Å². The first-order valence-electron chi connectivity index (χ1n) is 18.4. The molecule has 3 heterocycles. The maximum absolute atomic E-state index is 14.4. The van der Waals surface area contributed by atoms with E-state index in [0.717, 1.165) is 0 Å². The second kappa shape index (κ2) is 16.9. The number of anilines is 1. The number of esters is 1. The van der Waals surface area contributed by atoms with Crippen LogP contribution in [0.25, 0.3) is 16.7 Å². The van der Waals surface area contributed by atoms with E-state index in [1.807, 2.05) is 26.8 Å². The third kappa shape index (κ3) is 9.01. The Balaban J connectivity index is 1.54. The molecular formula is C38H52ClN7O9. The number of alkyl carbamates (subject to hydrolysis) is 1. The molecule has 300 valence electrons. The van der Waals surface area contributed by atoms with Crippen molar-refractivity contribution < 1.29 is 42.9 Å². The number of amides is 3. The number of methoxy groups -OCH3 is 3. The minimum atomic E-state index is -1.19. The highest BCUT2D eigenvalue weighted by molar-refractivity contribution is 6.36. The lowest BCUT2D eigenvalue weighted by atomic mass is 9.85. The second-order valence-electron chi connectivity index (χ2n) is 15.2. The molecule has 3 amide bonds. The molecule has 2 aliphatic rings. The molecule has 1 saturated carbocycles. The second-order valence-corrected chi connectivity index (χ2v) is 15.6. The number of fused-ring (bicyclic) bond motifs is 1. The van der Waals surface area contributed by atoms with Crippen molar-refractivity contribution in [2.45, 2.75) is 90.6 Å². The fourth-order valence-corrected chi connectivity index (χ4v) is 7.15. The van der Waals surface area contributed by atoms with Crippen LogP contribution in [0, 0.1) is 11.3 Å². The number of hydrogen-bond donors (Lipinski definition) is 3. The number of aromatic nitrogens is 3. The molecule has 1 aromatic carbocycles. The summed E-state index contributed by atoms with van der Waals surface area (Å²) < 4.78 is 29.2. The zero-order chi connectivity index (χ0) is 40.2. The van der Waals surface area contributed by atoms with Gasteiger partial charge in [-0.15, -0.1) is 5.10 Å². The van der Waals surface area contributed by atoms with Crippen LogP contribution < -0.4 is 25.4 Å². The van der Waals surface area contributed by atoms with Crippen molar-refractivity contribution in [3.05, 3.63) is 35.5 Å². The van der Waals surface area contributed by atoms with Crippen molar-refractivity contribution in [3.8, 4) is 17.3 Å². The number of carbonyl (C=O) groups excluding carboxylic acids is 4. The van der Waals surface area contributed by atoms with E-state index in [1.165, 1.54) is 19.1 Å². The van der Waals surface area contributed by atoms with E-state index >= 15 is 0 Å². The molecule has 2 fully saturated rings. The first-order valence-corrected chi connectivity index (χ1v) is 18.7. The molecule has 5 rings (SSSR count). The molecule has 0 bridgehead atoms. The van der Waals surface area contributed by atoms with E-state index < -0.39 is 53.0 Å².